The molecule has 0 amide bonds. The number of aromatic nitrogens is 1. The lowest BCUT2D eigenvalue weighted by Crippen LogP contribution is -2.18. The molecule has 1 nitrogen and oxygen atoms in total. The molecule has 2 aliphatic rings. The summed E-state index contributed by atoms with van der Waals surface area (Å²) < 4.78 is 2.56. The maximum atomic E-state index is 2.56. The molecule has 1 heteroatoms. The van der Waals surface area contributed by atoms with Crippen molar-refractivity contribution in [3.63, 3.8) is 0 Å². The van der Waals surface area contributed by atoms with Crippen LogP contribution in [0, 0.1) is 0 Å². The Morgan fingerprint density at radius 2 is 1.09 bits per heavy atom. The van der Waals surface area contributed by atoms with E-state index in [0.717, 1.165) is 0 Å². The zero-order chi connectivity index (χ0) is 22.5. The molecule has 0 fully saturated rings. The van der Waals surface area contributed by atoms with Gasteiger partial charge < -0.3 is 4.57 Å². The molecule has 1 aromatic heterocycles. The Morgan fingerprint density at radius 1 is 0.515 bits per heavy atom. The first kappa shape index (κ1) is 18.9. The summed E-state index contributed by atoms with van der Waals surface area (Å²) in [6.45, 7) is 9.52. The van der Waals surface area contributed by atoms with Gasteiger partial charge in [0, 0.05) is 21.8 Å². The Balaban J connectivity index is 1.66. The van der Waals surface area contributed by atoms with Crippen LogP contribution in [0.3, 0.4) is 0 Å². The number of hydrogen-bond donors (Lipinski definition) is 0. The van der Waals surface area contributed by atoms with Crippen LogP contribution >= 0.6 is 0 Å². The highest BCUT2D eigenvalue weighted by atomic mass is 15.0. The van der Waals surface area contributed by atoms with Gasteiger partial charge in [-0.15, -0.1) is 0 Å². The molecule has 0 atom stereocenters. The van der Waals surface area contributed by atoms with E-state index in [-0.39, 0.29) is 10.8 Å². The first-order chi connectivity index (χ1) is 15.9. The van der Waals surface area contributed by atoms with E-state index in [9.17, 15) is 0 Å². The fraction of sp³-hybridized carbons (Fsp3) is 0.188. The predicted octanol–water partition coefficient (Wildman–Crippen LogP) is 8.24. The molecule has 0 bridgehead atoms. The van der Waals surface area contributed by atoms with E-state index in [1.54, 1.807) is 0 Å². The van der Waals surface area contributed by atoms with Crippen molar-refractivity contribution in [3.8, 4) is 28.1 Å². The van der Waals surface area contributed by atoms with Crippen molar-refractivity contribution in [2.45, 2.75) is 38.5 Å². The fourth-order valence-corrected chi connectivity index (χ4v) is 6.75. The Hall–Kier alpha value is -3.58. The van der Waals surface area contributed by atoms with Crippen LogP contribution in [-0.4, -0.2) is 4.57 Å². The second-order valence-corrected chi connectivity index (χ2v) is 10.6. The topological polar surface area (TPSA) is 4.93 Å². The normalized spacial score (nSPS) is 16.4. The van der Waals surface area contributed by atoms with Crippen LogP contribution in [0.4, 0.5) is 0 Å². The van der Waals surface area contributed by atoms with Gasteiger partial charge in [-0.1, -0.05) is 107 Å². The maximum absolute atomic E-state index is 2.56. The van der Waals surface area contributed by atoms with Gasteiger partial charge in [-0.25, -0.2) is 0 Å². The first-order valence-electron chi connectivity index (χ1n) is 11.9. The maximum Gasteiger partial charge on any atom is 0.0585 e. The summed E-state index contributed by atoms with van der Waals surface area (Å²) in [4.78, 5) is 0. The highest BCUT2D eigenvalue weighted by molar-refractivity contribution is 6.00. The molecule has 5 aromatic rings. The van der Waals surface area contributed by atoms with Gasteiger partial charge in [0.2, 0.25) is 0 Å². The Kier molecular flexibility index (Phi) is 3.47. The number of hydrogen-bond acceptors (Lipinski definition) is 0. The summed E-state index contributed by atoms with van der Waals surface area (Å²) in [5.41, 5.74) is 13.7. The summed E-state index contributed by atoms with van der Waals surface area (Å²) in [7, 11) is 0. The van der Waals surface area contributed by atoms with Crippen molar-refractivity contribution in [1.82, 2.24) is 4.57 Å². The summed E-state index contributed by atoms with van der Waals surface area (Å²) >= 11 is 0. The minimum absolute atomic E-state index is 0.0345. The summed E-state index contributed by atoms with van der Waals surface area (Å²) in [6.07, 6.45) is 0. The zero-order valence-electron chi connectivity index (χ0n) is 19.6. The number of fused-ring (bicyclic) bond motifs is 8. The molecule has 0 aliphatic heterocycles. The molecule has 0 N–H and O–H groups in total. The van der Waals surface area contributed by atoms with Gasteiger partial charge in [0.05, 0.1) is 16.9 Å². The number of para-hydroxylation sites is 1. The van der Waals surface area contributed by atoms with Crippen molar-refractivity contribution in [1.29, 1.82) is 0 Å². The van der Waals surface area contributed by atoms with E-state index in [2.05, 4.69) is 123 Å². The lowest BCUT2D eigenvalue weighted by molar-refractivity contribution is 0.655. The van der Waals surface area contributed by atoms with Crippen LogP contribution < -0.4 is 0 Å². The molecule has 2 aliphatic carbocycles. The highest BCUT2D eigenvalue weighted by Crippen LogP contribution is 2.56. The molecule has 7 rings (SSSR count). The molecule has 1 heterocycles. The van der Waals surface area contributed by atoms with E-state index in [1.807, 2.05) is 0 Å². The largest absolute Gasteiger partial charge is 0.309 e. The van der Waals surface area contributed by atoms with Crippen LogP contribution in [0.15, 0.2) is 91.0 Å². The standard InChI is InChI=1S/C32H27N/c1-31(2)24-16-8-5-12-20(24)21-15-11-19-27(28(21)31)33-26-18-10-7-14-23(26)29-30(33)22-13-6-9-17-25(22)32(29,3)4/h5-19H,1-4H3. The van der Waals surface area contributed by atoms with Gasteiger partial charge in [0.25, 0.3) is 0 Å². The molecule has 0 spiro atoms. The van der Waals surface area contributed by atoms with Crippen molar-refractivity contribution in [2.75, 3.05) is 0 Å². The monoisotopic (exact) mass is 425 g/mol. The van der Waals surface area contributed by atoms with Gasteiger partial charge >= 0.3 is 0 Å². The molecule has 0 unspecified atom stereocenters. The zero-order valence-corrected chi connectivity index (χ0v) is 19.6. The van der Waals surface area contributed by atoms with E-state index < -0.39 is 0 Å². The van der Waals surface area contributed by atoms with Crippen LogP contribution in [0.1, 0.15) is 49.9 Å². The molecular weight excluding hydrogens is 398 g/mol. The minimum Gasteiger partial charge on any atom is -0.309 e. The van der Waals surface area contributed by atoms with E-state index in [0.29, 0.717) is 0 Å². The predicted molar refractivity (Wildman–Crippen MR) is 138 cm³/mol. The first-order valence-corrected chi connectivity index (χ1v) is 11.9. The summed E-state index contributed by atoms with van der Waals surface area (Å²) in [5, 5.41) is 1.36. The third-order valence-corrected chi connectivity index (χ3v) is 8.15. The summed E-state index contributed by atoms with van der Waals surface area (Å²) in [5.74, 6) is 0. The van der Waals surface area contributed by atoms with Crippen LogP contribution in [0.5, 0.6) is 0 Å². The van der Waals surface area contributed by atoms with Crippen LogP contribution in [-0.2, 0) is 10.8 Å². The van der Waals surface area contributed by atoms with Gasteiger partial charge in [0.1, 0.15) is 0 Å². The third-order valence-electron chi connectivity index (χ3n) is 8.15. The number of nitrogens with zero attached hydrogens (tertiary/aromatic N) is 1. The van der Waals surface area contributed by atoms with Crippen LogP contribution in [0.25, 0.3) is 39.0 Å². The Labute approximate surface area is 195 Å². The van der Waals surface area contributed by atoms with Crippen molar-refractivity contribution < 1.29 is 0 Å². The van der Waals surface area contributed by atoms with Gasteiger partial charge in [-0.2, -0.15) is 0 Å². The molecule has 0 saturated heterocycles. The third kappa shape index (κ3) is 2.18. The second-order valence-electron chi connectivity index (χ2n) is 10.6. The number of benzene rings is 4. The molecule has 33 heavy (non-hydrogen) atoms. The average Bonchev–Trinajstić information content (AvgIpc) is 3.38. The fourth-order valence-electron chi connectivity index (χ4n) is 6.75. The van der Waals surface area contributed by atoms with Crippen molar-refractivity contribution in [3.05, 3.63) is 113 Å². The van der Waals surface area contributed by atoms with Crippen molar-refractivity contribution in [2.24, 2.45) is 0 Å². The SMILES string of the molecule is CC1(C)c2ccccc2-c2cccc(-n3c4c(c5ccccc53)C(C)(C)c3ccccc3-4)c21. The Morgan fingerprint density at radius 3 is 1.88 bits per heavy atom. The van der Waals surface area contributed by atoms with Gasteiger partial charge in [-0.3, -0.25) is 0 Å². The Bertz CT molecular complexity index is 1610. The van der Waals surface area contributed by atoms with E-state index >= 15 is 0 Å². The van der Waals surface area contributed by atoms with Crippen LogP contribution in [0.2, 0.25) is 0 Å². The molecule has 0 saturated carbocycles. The lowest BCUT2D eigenvalue weighted by Gasteiger charge is -2.26. The molecule has 160 valence electrons. The molecular formula is C32H27N. The molecule has 0 radical (unpaired) electrons. The lowest BCUT2D eigenvalue weighted by atomic mass is 9.81. The highest BCUT2D eigenvalue weighted by Gasteiger charge is 2.42. The average molecular weight is 426 g/mol. The summed E-state index contributed by atoms with van der Waals surface area (Å²) in [6, 6.07) is 33.7. The van der Waals surface area contributed by atoms with E-state index in [4.69, 9.17) is 0 Å². The minimum atomic E-state index is -0.0611. The van der Waals surface area contributed by atoms with Gasteiger partial charge in [0.15, 0.2) is 0 Å². The smallest absolute Gasteiger partial charge is 0.0585 e. The van der Waals surface area contributed by atoms with Gasteiger partial charge in [-0.05, 0) is 45.5 Å². The molecule has 4 aromatic carbocycles. The van der Waals surface area contributed by atoms with Crippen molar-refractivity contribution >= 4 is 10.9 Å². The quantitative estimate of drug-likeness (QED) is 0.255. The second kappa shape index (κ2) is 6.05. The number of rotatable bonds is 1. The van der Waals surface area contributed by atoms with E-state index in [1.165, 1.54) is 61.2 Å².